The van der Waals surface area contributed by atoms with Crippen LogP contribution in [0.2, 0.25) is 0 Å². The zero-order valence-corrected chi connectivity index (χ0v) is 15.3. The number of benzene rings is 1. The average Bonchev–Trinajstić information content (AvgIpc) is 3.05. The number of hydrogen-bond donors (Lipinski definition) is 0. The summed E-state index contributed by atoms with van der Waals surface area (Å²) in [6, 6.07) is 2.97. The van der Waals surface area contributed by atoms with Crippen molar-refractivity contribution < 1.29 is 13.6 Å². The van der Waals surface area contributed by atoms with E-state index in [4.69, 9.17) is 0 Å². The van der Waals surface area contributed by atoms with Crippen LogP contribution in [0.3, 0.4) is 0 Å². The van der Waals surface area contributed by atoms with Crippen LogP contribution in [0.15, 0.2) is 24.4 Å². The largest absolute Gasteiger partial charge is 0.345 e. The fraction of sp³-hybridized carbons (Fsp3) is 0.450. The Hall–Kier alpha value is -2.21. The van der Waals surface area contributed by atoms with Crippen LogP contribution in [-0.4, -0.2) is 53.0 Å². The minimum atomic E-state index is -0.841. The van der Waals surface area contributed by atoms with Gasteiger partial charge >= 0.3 is 0 Å². The van der Waals surface area contributed by atoms with Crippen LogP contribution < -0.4 is 0 Å². The number of rotatable bonds is 3. The van der Waals surface area contributed by atoms with Crippen molar-refractivity contribution in [2.75, 3.05) is 26.7 Å². The Morgan fingerprint density at radius 3 is 2.69 bits per heavy atom. The highest BCUT2D eigenvalue weighted by Crippen LogP contribution is 2.40. The summed E-state index contributed by atoms with van der Waals surface area (Å²) in [6.07, 6.45) is 3.79. The summed E-state index contributed by atoms with van der Waals surface area (Å²) >= 11 is 0. The van der Waals surface area contributed by atoms with Gasteiger partial charge in [0.15, 0.2) is 11.6 Å². The van der Waals surface area contributed by atoms with E-state index >= 15 is 0 Å². The molecule has 4 rings (SSSR count). The van der Waals surface area contributed by atoms with Gasteiger partial charge in [0.2, 0.25) is 5.91 Å². The molecule has 2 aliphatic heterocycles. The number of carbonyl (C=O) groups is 1. The highest BCUT2D eigenvalue weighted by molar-refractivity contribution is 5.96. The number of aromatic nitrogens is 1. The molecule has 4 nitrogen and oxygen atoms in total. The molecule has 0 radical (unpaired) electrons. The Bertz CT molecular complexity index is 913. The second-order valence-electron chi connectivity index (χ2n) is 7.14. The maximum Gasteiger partial charge on any atom is 0.230 e. The van der Waals surface area contributed by atoms with Crippen molar-refractivity contribution in [2.24, 2.45) is 5.92 Å². The zero-order chi connectivity index (χ0) is 18.6. The second kappa shape index (κ2) is 6.20. The van der Waals surface area contributed by atoms with Gasteiger partial charge in [0.1, 0.15) is 0 Å². The maximum absolute atomic E-state index is 14.2. The number of likely N-dealkylation sites (N-methyl/N-ethyl adjacent to an activating group) is 1. The minimum Gasteiger partial charge on any atom is -0.345 e. The summed E-state index contributed by atoms with van der Waals surface area (Å²) < 4.78 is 30.3. The summed E-state index contributed by atoms with van der Waals surface area (Å²) in [5.41, 5.74) is 2.35. The number of hydrogen-bond acceptors (Lipinski definition) is 2. The molecule has 1 aromatic heterocycles. The molecule has 0 spiro atoms. The molecule has 138 valence electrons. The molecular formula is C20H23F2N3O. The van der Waals surface area contributed by atoms with Crippen molar-refractivity contribution in [2.45, 2.75) is 26.4 Å². The van der Waals surface area contributed by atoms with E-state index in [-0.39, 0.29) is 17.9 Å². The molecule has 1 aromatic carbocycles. The maximum atomic E-state index is 14.2. The number of carbonyl (C=O) groups excluding carboxylic acids is 1. The van der Waals surface area contributed by atoms with Crippen molar-refractivity contribution in [1.29, 1.82) is 0 Å². The van der Waals surface area contributed by atoms with Crippen LogP contribution in [0.4, 0.5) is 8.78 Å². The fourth-order valence-corrected chi connectivity index (χ4v) is 4.38. The van der Waals surface area contributed by atoms with E-state index < -0.39 is 11.6 Å². The van der Waals surface area contributed by atoms with Crippen molar-refractivity contribution in [1.82, 2.24) is 14.4 Å². The lowest BCUT2D eigenvalue weighted by Crippen LogP contribution is -2.48. The van der Waals surface area contributed by atoms with Gasteiger partial charge < -0.3 is 9.47 Å². The predicted octanol–water partition coefficient (Wildman–Crippen LogP) is 3.12. The monoisotopic (exact) mass is 359 g/mol. The van der Waals surface area contributed by atoms with Gasteiger partial charge in [0, 0.05) is 43.3 Å². The van der Waals surface area contributed by atoms with E-state index in [1.165, 1.54) is 6.07 Å². The third-order valence-electron chi connectivity index (χ3n) is 5.77. The molecule has 0 saturated carbocycles. The first-order chi connectivity index (χ1) is 12.5. The minimum absolute atomic E-state index is 0.0590. The van der Waals surface area contributed by atoms with E-state index in [0.29, 0.717) is 37.1 Å². The van der Waals surface area contributed by atoms with Gasteiger partial charge in [-0.05, 0) is 38.6 Å². The Kier molecular flexibility index (Phi) is 4.10. The fourth-order valence-electron chi connectivity index (χ4n) is 4.38. The first-order valence-electron chi connectivity index (χ1n) is 9.14. The lowest BCUT2D eigenvalue weighted by Gasteiger charge is -2.41. The zero-order valence-electron chi connectivity index (χ0n) is 15.3. The van der Waals surface area contributed by atoms with Crippen LogP contribution in [0, 0.1) is 17.6 Å². The van der Waals surface area contributed by atoms with E-state index in [1.807, 2.05) is 42.6 Å². The number of amides is 1. The summed E-state index contributed by atoms with van der Waals surface area (Å²) in [6.45, 7) is 6.58. The molecule has 0 fully saturated rings. The SMILES string of the molecule is CCN(CC)C(=O)[C@H]1C=C2c3cc(F)c(F)c4ccn(c34)C[C@@H]2N(C)C1. The Labute approximate surface area is 151 Å². The van der Waals surface area contributed by atoms with Gasteiger partial charge in [-0.15, -0.1) is 0 Å². The molecule has 6 heteroatoms. The summed E-state index contributed by atoms with van der Waals surface area (Å²) in [4.78, 5) is 16.8. The third-order valence-corrected chi connectivity index (χ3v) is 5.77. The lowest BCUT2D eigenvalue weighted by atomic mass is 9.85. The van der Waals surface area contributed by atoms with Crippen LogP contribution >= 0.6 is 0 Å². The van der Waals surface area contributed by atoms with Gasteiger partial charge in [-0.25, -0.2) is 8.78 Å². The van der Waals surface area contributed by atoms with E-state index in [2.05, 4.69) is 4.90 Å². The highest BCUT2D eigenvalue weighted by atomic mass is 19.2. The number of fused-ring (bicyclic) bond motifs is 2. The summed E-state index contributed by atoms with van der Waals surface area (Å²) in [7, 11) is 1.99. The topological polar surface area (TPSA) is 28.5 Å². The first kappa shape index (κ1) is 17.2. The van der Waals surface area contributed by atoms with Crippen LogP contribution in [0.25, 0.3) is 16.5 Å². The molecule has 26 heavy (non-hydrogen) atoms. The van der Waals surface area contributed by atoms with Gasteiger partial charge in [-0.3, -0.25) is 9.69 Å². The number of nitrogens with zero attached hydrogens (tertiary/aromatic N) is 3. The molecule has 2 aromatic rings. The van der Waals surface area contributed by atoms with Crippen LogP contribution in [0.1, 0.15) is 19.4 Å². The molecule has 0 aliphatic carbocycles. The average molecular weight is 359 g/mol. The van der Waals surface area contributed by atoms with Crippen molar-refractivity contribution >= 4 is 22.4 Å². The van der Waals surface area contributed by atoms with Crippen molar-refractivity contribution in [3.8, 4) is 0 Å². The van der Waals surface area contributed by atoms with Gasteiger partial charge in [-0.1, -0.05) is 6.08 Å². The lowest BCUT2D eigenvalue weighted by molar-refractivity contribution is -0.134. The molecule has 3 heterocycles. The van der Waals surface area contributed by atoms with Gasteiger partial charge in [-0.2, -0.15) is 0 Å². The first-order valence-corrected chi connectivity index (χ1v) is 9.14. The van der Waals surface area contributed by atoms with Crippen molar-refractivity contribution in [3.05, 3.63) is 41.6 Å². The molecule has 2 aliphatic rings. The molecule has 0 unspecified atom stereocenters. The molecule has 0 N–H and O–H groups in total. The Morgan fingerprint density at radius 1 is 1.27 bits per heavy atom. The Balaban J connectivity index is 1.86. The standard InChI is InChI=1S/C20H23F2N3O/c1-4-24(5-2)20(26)12-8-14-15-9-16(21)18(22)13-6-7-25(19(13)15)11-17(14)23(3)10-12/h6-9,12,17H,4-5,10-11H2,1-3H3/t12-,17-/m0/s1. The highest BCUT2D eigenvalue weighted by Gasteiger charge is 2.37. The van der Waals surface area contributed by atoms with Crippen LogP contribution in [0.5, 0.6) is 0 Å². The molecule has 0 bridgehead atoms. The number of halogens is 2. The third kappa shape index (κ3) is 2.39. The summed E-state index contributed by atoms with van der Waals surface area (Å²) in [5, 5.41) is 0.305. The van der Waals surface area contributed by atoms with Crippen molar-refractivity contribution in [3.63, 3.8) is 0 Å². The van der Waals surface area contributed by atoms with Gasteiger partial charge in [0.05, 0.1) is 17.5 Å². The molecule has 0 saturated heterocycles. The van der Waals surface area contributed by atoms with E-state index in [0.717, 1.165) is 11.1 Å². The second-order valence-corrected chi connectivity index (χ2v) is 7.14. The van der Waals surface area contributed by atoms with Gasteiger partial charge in [0.25, 0.3) is 0 Å². The molecular weight excluding hydrogens is 336 g/mol. The van der Waals surface area contributed by atoms with Crippen LogP contribution in [-0.2, 0) is 11.3 Å². The predicted molar refractivity (Wildman–Crippen MR) is 97.7 cm³/mol. The van der Waals surface area contributed by atoms with E-state index in [1.54, 1.807) is 6.07 Å². The summed E-state index contributed by atoms with van der Waals surface area (Å²) in [5.74, 6) is -1.82. The smallest absolute Gasteiger partial charge is 0.230 e. The normalized spacial score (nSPS) is 22.3. The van der Waals surface area contributed by atoms with E-state index in [9.17, 15) is 13.6 Å². The molecule has 2 atom stereocenters. The quantitative estimate of drug-likeness (QED) is 0.842. The molecule has 1 amide bonds. The Morgan fingerprint density at radius 2 is 2.00 bits per heavy atom.